The highest BCUT2D eigenvalue weighted by Crippen LogP contribution is 2.29. The van der Waals surface area contributed by atoms with Crippen LogP contribution in [0, 0.1) is 0 Å². The maximum Gasteiger partial charge on any atom is 0.261 e. The summed E-state index contributed by atoms with van der Waals surface area (Å²) in [5.74, 6) is 0.792. The minimum Gasteiger partial charge on any atom is -0.370 e. The molecule has 1 saturated heterocycles. The first-order valence-corrected chi connectivity index (χ1v) is 10.2. The Morgan fingerprint density at radius 3 is 2.72 bits per heavy atom. The van der Waals surface area contributed by atoms with Crippen molar-refractivity contribution < 1.29 is 13.2 Å². The van der Waals surface area contributed by atoms with E-state index in [0.29, 0.717) is 5.69 Å². The van der Waals surface area contributed by atoms with Crippen molar-refractivity contribution in [1.29, 1.82) is 0 Å². The van der Waals surface area contributed by atoms with E-state index in [1.165, 1.54) is 0 Å². The Hall–Kier alpha value is -1.90. The van der Waals surface area contributed by atoms with Gasteiger partial charge in [0.15, 0.2) is 0 Å². The Balaban J connectivity index is 1.61. The minimum atomic E-state index is -3.64. The van der Waals surface area contributed by atoms with E-state index < -0.39 is 10.0 Å². The standard InChI is InChI=1S/C17H16BrN3O3S/c18-11-3-6-13(7-4-11)25(22,23)21-12-5-8-14-15(10-12)20-17(19-14)16-2-1-9-24-16/h3-8,10,16,21H,1-2,9H2,(H,19,20)/t16-/m0/s1. The smallest absolute Gasteiger partial charge is 0.261 e. The molecule has 0 radical (unpaired) electrons. The number of fused-ring (bicyclic) bond motifs is 1. The molecular weight excluding hydrogens is 406 g/mol. The van der Waals surface area contributed by atoms with Crippen LogP contribution in [0.5, 0.6) is 0 Å². The Morgan fingerprint density at radius 1 is 1.20 bits per heavy atom. The highest BCUT2D eigenvalue weighted by atomic mass is 79.9. The zero-order valence-electron chi connectivity index (χ0n) is 13.2. The molecule has 8 heteroatoms. The Bertz CT molecular complexity index is 1010. The van der Waals surface area contributed by atoms with E-state index in [1.807, 2.05) is 0 Å². The molecule has 0 unspecified atom stereocenters. The third-order valence-electron chi connectivity index (χ3n) is 4.11. The van der Waals surface area contributed by atoms with Gasteiger partial charge >= 0.3 is 0 Å². The molecule has 1 aromatic heterocycles. The first-order valence-electron chi connectivity index (χ1n) is 7.91. The van der Waals surface area contributed by atoms with E-state index in [9.17, 15) is 8.42 Å². The third-order valence-corrected chi connectivity index (χ3v) is 6.04. The van der Waals surface area contributed by atoms with Gasteiger partial charge in [0.25, 0.3) is 10.0 Å². The lowest BCUT2D eigenvalue weighted by molar-refractivity contribution is 0.106. The van der Waals surface area contributed by atoms with Crippen LogP contribution in [0.2, 0.25) is 0 Å². The maximum atomic E-state index is 12.5. The number of rotatable bonds is 4. The molecule has 3 aromatic rings. The number of halogens is 1. The van der Waals surface area contributed by atoms with Gasteiger partial charge in [-0.25, -0.2) is 13.4 Å². The number of aromatic amines is 1. The van der Waals surface area contributed by atoms with Crippen LogP contribution in [0.3, 0.4) is 0 Å². The molecule has 1 atom stereocenters. The zero-order valence-corrected chi connectivity index (χ0v) is 15.6. The molecule has 6 nitrogen and oxygen atoms in total. The van der Waals surface area contributed by atoms with Crippen LogP contribution in [-0.2, 0) is 14.8 Å². The van der Waals surface area contributed by atoms with E-state index >= 15 is 0 Å². The summed E-state index contributed by atoms with van der Waals surface area (Å²) in [5.41, 5.74) is 2.05. The fourth-order valence-electron chi connectivity index (χ4n) is 2.87. The van der Waals surface area contributed by atoms with Crippen molar-refractivity contribution in [3.05, 3.63) is 52.8 Å². The second kappa shape index (κ2) is 6.44. The maximum absolute atomic E-state index is 12.5. The van der Waals surface area contributed by atoms with Crippen LogP contribution in [0.25, 0.3) is 11.0 Å². The molecule has 25 heavy (non-hydrogen) atoms. The molecule has 130 valence electrons. The van der Waals surface area contributed by atoms with E-state index in [-0.39, 0.29) is 11.0 Å². The van der Waals surface area contributed by atoms with Gasteiger partial charge in [0.1, 0.15) is 11.9 Å². The van der Waals surface area contributed by atoms with Crippen LogP contribution in [0.4, 0.5) is 5.69 Å². The van der Waals surface area contributed by atoms with Crippen LogP contribution in [0.15, 0.2) is 51.8 Å². The van der Waals surface area contributed by atoms with E-state index in [0.717, 1.165) is 40.8 Å². The van der Waals surface area contributed by atoms with Gasteiger partial charge in [-0.2, -0.15) is 0 Å². The quantitative estimate of drug-likeness (QED) is 0.666. The summed E-state index contributed by atoms with van der Waals surface area (Å²) in [5, 5.41) is 0. The van der Waals surface area contributed by atoms with Gasteiger partial charge in [0, 0.05) is 11.1 Å². The summed E-state index contributed by atoms with van der Waals surface area (Å²) in [6.45, 7) is 0.750. The molecule has 0 spiro atoms. The Morgan fingerprint density at radius 2 is 2.00 bits per heavy atom. The van der Waals surface area contributed by atoms with Gasteiger partial charge in [0.05, 0.1) is 21.6 Å². The fourth-order valence-corrected chi connectivity index (χ4v) is 4.18. The topological polar surface area (TPSA) is 84.1 Å². The molecular formula is C17H16BrN3O3S. The van der Waals surface area contributed by atoms with Crippen molar-refractivity contribution in [2.24, 2.45) is 0 Å². The highest BCUT2D eigenvalue weighted by Gasteiger charge is 2.21. The lowest BCUT2D eigenvalue weighted by atomic mass is 10.2. The zero-order chi connectivity index (χ0) is 17.4. The van der Waals surface area contributed by atoms with Gasteiger partial charge in [-0.3, -0.25) is 4.72 Å². The average molecular weight is 422 g/mol. The molecule has 0 bridgehead atoms. The molecule has 0 saturated carbocycles. The summed E-state index contributed by atoms with van der Waals surface area (Å²) in [6, 6.07) is 11.7. The highest BCUT2D eigenvalue weighted by molar-refractivity contribution is 9.10. The molecule has 1 fully saturated rings. The summed E-state index contributed by atoms with van der Waals surface area (Å²) < 4.78 is 34.0. The van der Waals surface area contributed by atoms with Crippen LogP contribution >= 0.6 is 15.9 Å². The molecule has 1 aliphatic rings. The fraction of sp³-hybridized carbons (Fsp3) is 0.235. The Kier molecular flexibility index (Phi) is 4.26. The van der Waals surface area contributed by atoms with Crippen molar-refractivity contribution in [1.82, 2.24) is 9.97 Å². The molecule has 4 rings (SSSR count). The van der Waals surface area contributed by atoms with Gasteiger partial charge in [-0.1, -0.05) is 15.9 Å². The lowest BCUT2D eigenvalue weighted by Crippen LogP contribution is -2.12. The predicted molar refractivity (Wildman–Crippen MR) is 99.0 cm³/mol. The number of ether oxygens (including phenoxy) is 1. The normalized spacial score (nSPS) is 17.9. The number of nitrogens with zero attached hydrogens (tertiary/aromatic N) is 1. The summed E-state index contributed by atoms with van der Waals surface area (Å²) in [7, 11) is -3.64. The SMILES string of the molecule is O=S(=O)(Nc1ccc2nc([C@@H]3CCCO3)[nH]c2c1)c1ccc(Br)cc1. The number of hydrogen-bond donors (Lipinski definition) is 2. The van der Waals surface area contributed by atoms with Crippen molar-refractivity contribution >= 4 is 42.7 Å². The molecule has 2 heterocycles. The monoisotopic (exact) mass is 421 g/mol. The number of benzene rings is 2. The van der Waals surface area contributed by atoms with Crippen molar-refractivity contribution in [3.8, 4) is 0 Å². The molecule has 2 N–H and O–H groups in total. The number of hydrogen-bond acceptors (Lipinski definition) is 4. The van der Waals surface area contributed by atoms with Crippen molar-refractivity contribution in [2.45, 2.75) is 23.8 Å². The third kappa shape index (κ3) is 3.42. The second-order valence-electron chi connectivity index (χ2n) is 5.92. The minimum absolute atomic E-state index is 0.00435. The molecule has 1 aliphatic heterocycles. The van der Waals surface area contributed by atoms with E-state index in [2.05, 4.69) is 30.6 Å². The molecule has 0 aliphatic carbocycles. The Labute approximate surface area is 153 Å². The molecule has 0 amide bonds. The average Bonchev–Trinajstić information content (AvgIpc) is 3.23. The summed E-state index contributed by atoms with van der Waals surface area (Å²) in [6.07, 6.45) is 1.97. The number of H-pyrrole nitrogens is 1. The van der Waals surface area contributed by atoms with Crippen LogP contribution < -0.4 is 4.72 Å². The number of aromatic nitrogens is 2. The number of nitrogens with one attached hydrogen (secondary N) is 2. The van der Waals surface area contributed by atoms with Crippen LogP contribution in [0.1, 0.15) is 24.8 Å². The van der Waals surface area contributed by atoms with Gasteiger partial charge in [-0.15, -0.1) is 0 Å². The summed E-state index contributed by atoms with van der Waals surface area (Å²) >= 11 is 3.30. The van der Waals surface area contributed by atoms with E-state index in [4.69, 9.17) is 4.74 Å². The first-order chi connectivity index (χ1) is 12.0. The van der Waals surface area contributed by atoms with Gasteiger partial charge in [-0.05, 0) is 55.3 Å². The molecule has 2 aromatic carbocycles. The van der Waals surface area contributed by atoms with Crippen molar-refractivity contribution in [2.75, 3.05) is 11.3 Å². The van der Waals surface area contributed by atoms with Crippen LogP contribution in [-0.4, -0.2) is 25.0 Å². The first kappa shape index (κ1) is 16.6. The largest absolute Gasteiger partial charge is 0.370 e. The predicted octanol–water partition coefficient (Wildman–Crippen LogP) is 3.98. The number of sulfonamides is 1. The van der Waals surface area contributed by atoms with E-state index in [1.54, 1.807) is 42.5 Å². The summed E-state index contributed by atoms with van der Waals surface area (Å²) in [4.78, 5) is 7.98. The van der Waals surface area contributed by atoms with Gasteiger partial charge in [0.2, 0.25) is 0 Å². The number of imidazole rings is 1. The second-order valence-corrected chi connectivity index (χ2v) is 8.51. The van der Waals surface area contributed by atoms with Crippen molar-refractivity contribution in [3.63, 3.8) is 0 Å². The number of anilines is 1. The lowest BCUT2D eigenvalue weighted by Gasteiger charge is -2.08. The van der Waals surface area contributed by atoms with Gasteiger partial charge < -0.3 is 9.72 Å².